The molecule has 0 saturated carbocycles. The molecule has 0 heterocycles. The normalized spacial score (nSPS) is 12.5. The van der Waals surface area contributed by atoms with Crippen LogP contribution < -0.4 is 5.32 Å². The van der Waals surface area contributed by atoms with Crippen LogP contribution in [-0.4, -0.2) is 18.0 Å². The van der Waals surface area contributed by atoms with Gasteiger partial charge in [-0.2, -0.15) is 0 Å². The van der Waals surface area contributed by atoms with E-state index in [0.717, 1.165) is 17.5 Å². The second-order valence-electron chi connectivity index (χ2n) is 6.37. The van der Waals surface area contributed by atoms with Gasteiger partial charge in [0.1, 0.15) is 0 Å². The zero-order valence-electron chi connectivity index (χ0n) is 14.4. The molecule has 0 aliphatic rings. The number of amides is 2. The van der Waals surface area contributed by atoms with E-state index < -0.39 is 5.54 Å². The van der Waals surface area contributed by atoms with E-state index in [4.69, 9.17) is 0 Å². The summed E-state index contributed by atoms with van der Waals surface area (Å²) >= 11 is 0. The topological polar surface area (TPSA) is 32.3 Å². The fourth-order valence-electron chi connectivity index (χ4n) is 2.83. The first-order valence-electron chi connectivity index (χ1n) is 8.11. The highest BCUT2D eigenvalue weighted by atomic mass is 16.2. The third kappa shape index (κ3) is 4.13. The van der Waals surface area contributed by atoms with Crippen LogP contribution in [0, 0.1) is 0 Å². The van der Waals surface area contributed by atoms with Crippen LogP contribution in [0.3, 0.4) is 0 Å². The average Bonchev–Trinajstić information content (AvgIpc) is 2.57. The molecule has 122 valence electrons. The van der Waals surface area contributed by atoms with E-state index in [1.54, 1.807) is 4.90 Å². The number of benzene rings is 2. The Kier molecular flexibility index (Phi) is 5.43. The monoisotopic (exact) mass is 310 g/mol. The summed E-state index contributed by atoms with van der Waals surface area (Å²) < 4.78 is 0. The van der Waals surface area contributed by atoms with Gasteiger partial charge in [-0.3, -0.25) is 0 Å². The van der Waals surface area contributed by atoms with E-state index in [0.29, 0.717) is 0 Å². The zero-order chi connectivity index (χ0) is 16.9. The van der Waals surface area contributed by atoms with Crippen molar-refractivity contribution in [1.29, 1.82) is 0 Å². The van der Waals surface area contributed by atoms with Crippen LogP contribution in [0.1, 0.15) is 44.4 Å². The second kappa shape index (κ2) is 7.32. The molecule has 1 atom stereocenters. The average molecular weight is 310 g/mol. The number of carbonyl (C=O) groups is 1. The quantitative estimate of drug-likeness (QED) is 0.852. The first-order chi connectivity index (χ1) is 11.0. The molecule has 0 fully saturated rings. The van der Waals surface area contributed by atoms with Crippen LogP contribution in [0.15, 0.2) is 60.7 Å². The molecule has 0 spiro atoms. The first kappa shape index (κ1) is 17.1. The highest BCUT2D eigenvalue weighted by Gasteiger charge is 2.27. The molecule has 0 aliphatic carbocycles. The number of nitrogens with one attached hydrogen (secondary N) is 1. The van der Waals surface area contributed by atoms with E-state index in [9.17, 15) is 4.79 Å². The molecule has 23 heavy (non-hydrogen) atoms. The lowest BCUT2D eigenvalue weighted by atomic mass is 9.94. The summed E-state index contributed by atoms with van der Waals surface area (Å²) in [6.07, 6.45) is 0.875. The predicted molar refractivity (Wildman–Crippen MR) is 95.2 cm³/mol. The Labute approximate surface area is 139 Å². The Hall–Kier alpha value is -2.29. The standard InChI is InChI=1S/C20H26N2O/c1-5-18(16-12-8-6-9-13-16)22(4)19(23)21-20(2,3)17-14-10-7-11-15-17/h6-15,18H,5H2,1-4H3,(H,21,23). The minimum Gasteiger partial charge on any atom is -0.329 e. The smallest absolute Gasteiger partial charge is 0.318 e. The first-order valence-corrected chi connectivity index (χ1v) is 8.11. The van der Waals surface area contributed by atoms with Gasteiger partial charge in [0, 0.05) is 7.05 Å². The SMILES string of the molecule is CCC(c1ccccc1)N(C)C(=O)NC(C)(C)c1ccccc1. The van der Waals surface area contributed by atoms with Crippen molar-refractivity contribution in [1.82, 2.24) is 10.2 Å². The van der Waals surface area contributed by atoms with Gasteiger partial charge in [0.2, 0.25) is 0 Å². The molecule has 2 aromatic carbocycles. The van der Waals surface area contributed by atoms with Crippen molar-refractivity contribution in [3.8, 4) is 0 Å². The fourth-order valence-corrected chi connectivity index (χ4v) is 2.83. The highest BCUT2D eigenvalue weighted by Crippen LogP contribution is 2.25. The van der Waals surface area contributed by atoms with Gasteiger partial charge in [-0.15, -0.1) is 0 Å². The van der Waals surface area contributed by atoms with Crippen molar-refractivity contribution < 1.29 is 4.79 Å². The van der Waals surface area contributed by atoms with Crippen molar-refractivity contribution in [2.45, 2.75) is 38.8 Å². The summed E-state index contributed by atoms with van der Waals surface area (Å²) in [4.78, 5) is 14.5. The Bertz CT molecular complexity index is 623. The fraction of sp³-hybridized carbons (Fsp3) is 0.350. The summed E-state index contributed by atoms with van der Waals surface area (Å²) in [6.45, 7) is 6.15. The molecule has 0 aromatic heterocycles. The van der Waals surface area contributed by atoms with E-state index in [1.807, 2.05) is 69.4 Å². The number of nitrogens with zero attached hydrogens (tertiary/aromatic N) is 1. The number of rotatable bonds is 5. The van der Waals surface area contributed by atoms with Gasteiger partial charge in [-0.05, 0) is 31.4 Å². The molecule has 1 unspecified atom stereocenters. The minimum atomic E-state index is -0.415. The molecule has 0 bridgehead atoms. The van der Waals surface area contributed by atoms with Gasteiger partial charge < -0.3 is 10.2 Å². The van der Waals surface area contributed by atoms with Crippen LogP contribution in [0.25, 0.3) is 0 Å². The molecule has 1 N–H and O–H groups in total. The molecule has 3 nitrogen and oxygen atoms in total. The lowest BCUT2D eigenvalue weighted by Gasteiger charge is -2.33. The van der Waals surface area contributed by atoms with E-state index in [-0.39, 0.29) is 12.1 Å². The Morgan fingerprint density at radius 3 is 2.09 bits per heavy atom. The maximum Gasteiger partial charge on any atom is 0.318 e. The summed E-state index contributed by atoms with van der Waals surface area (Å²) in [5.74, 6) is 0. The lowest BCUT2D eigenvalue weighted by Crippen LogP contribution is -2.48. The van der Waals surface area contributed by atoms with Crippen LogP contribution in [0.5, 0.6) is 0 Å². The van der Waals surface area contributed by atoms with Crippen LogP contribution in [0.2, 0.25) is 0 Å². The Morgan fingerprint density at radius 1 is 1.04 bits per heavy atom. The zero-order valence-corrected chi connectivity index (χ0v) is 14.4. The van der Waals surface area contributed by atoms with Gasteiger partial charge in [0.15, 0.2) is 0 Å². The van der Waals surface area contributed by atoms with Crippen molar-refractivity contribution in [2.75, 3.05) is 7.05 Å². The van der Waals surface area contributed by atoms with E-state index in [2.05, 4.69) is 24.4 Å². The Morgan fingerprint density at radius 2 is 1.57 bits per heavy atom. The third-order valence-corrected chi connectivity index (χ3v) is 4.27. The van der Waals surface area contributed by atoms with Crippen LogP contribution in [0.4, 0.5) is 4.79 Å². The van der Waals surface area contributed by atoms with Crippen LogP contribution in [-0.2, 0) is 5.54 Å². The van der Waals surface area contributed by atoms with Gasteiger partial charge in [-0.25, -0.2) is 4.79 Å². The lowest BCUT2D eigenvalue weighted by molar-refractivity contribution is 0.178. The minimum absolute atomic E-state index is 0.0606. The number of urea groups is 1. The maximum atomic E-state index is 12.7. The number of carbonyl (C=O) groups excluding carboxylic acids is 1. The van der Waals surface area contributed by atoms with E-state index >= 15 is 0 Å². The molecule has 0 saturated heterocycles. The van der Waals surface area contributed by atoms with Gasteiger partial charge in [0.25, 0.3) is 0 Å². The van der Waals surface area contributed by atoms with Crippen molar-refractivity contribution in [3.63, 3.8) is 0 Å². The second-order valence-corrected chi connectivity index (χ2v) is 6.37. The van der Waals surface area contributed by atoms with Gasteiger partial charge in [-0.1, -0.05) is 67.6 Å². The molecular weight excluding hydrogens is 284 g/mol. The molecule has 2 amide bonds. The van der Waals surface area contributed by atoms with Crippen molar-refractivity contribution >= 4 is 6.03 Å². The third-order valence-electron chi connectivity index (χ3n) is 4.27. The molecule has 0 radical (unpaired) electrons. The summed E-state index contributed by atoms with van der Waals surface area (Å²) in [7, 11) is 1.86. The van der Waals surface area contributed by atoms with Gasteiger partial charge in [0.05, 0.1) is 11.6 Å². The summed E-state index contributed by atoms with van der Waals surface area (Å²) in [5.41, 5.74) is 1.83. The molecule has 2 aromatic rings. The van der Waals surface area contributed by atoms with Crippen molar-refractivity contribution in [3.05, 3.63) is 71.8 Å². The highest BCUT2D eigenvalue weighted by molar-refractivity contribution is 5.75. The maximum absolute atomic E-state index is 12.7. The molecule has 0 aliphatic heterocycles. The predicted octanol–water partition coefficient (Wildman–Crippen LogP) is 4.71. The summed E-state index contributed by atoms with van der Waals surface area (Å²) in [6, 6.07) is 20.2. The van der Waals surface area contributed by atoms with Gasteiger partial charge >= 0.3 is 6.03 Å². The largest absolute Gasteiger partial charge is 0.329 e. The van der Waals surface area contributed by atoms with Crippen molar-refractivity contribution in [2.24, 2.45) is 0 Å². The van der Waals surface area contributed by atoms with E-state index in [1.165, 1.54) is 0 Å². The summed E-state index contributed by atoms with van der Waals surface area (Å²) in [5, 5.41) is 3.14. The Balaban J connectivity index is 2.13. The number of hydrogen-bond acceptors (Lipinski definition) is 1. The molecular formula is C20H26N2O. The molecule has 2 rings (SSSR count). The molecule has 3 heteroatoms. The van der Waals surface area contributed by atoms with Crippen LogP contribution >= 0.6 is 0 Å². The number of hydrogen-bond donors (Lipinski definition) is 1.